The van der Waals surface area contributed by atoms with Crippen LogP contribution in [0.15, 0.2) is 55.1 Å². The predicted molar refractivity (Wildman–Crippen MR) is 114 cm³/mol. The summed E-state index contributed by atoms with van der Waals surface area (Å²) >= 11 is 6.02. The zero-order chi connectivity index (χ0) is 21.6. The number of sulfonamides is 1. The molecule has 0 fully saturated rings. The molecular formula is C20H21ClN2O5S. The average Bonchev–Trinajstić information content (AvgIpc) is 2.67. The van der Waals surface area contributed by atoms with Gasteiger partial charge in [0.2, 0.25) is 10.0 Å². The smallest absolute Gasteiger partial charge is 0.339 e. The van der Waals surface area contributed by atoms with Crippen molar-refractivity contribution in [2.24, 2.45) is 0 Å². The van der Waals surface area contributed by atoms with Gasteiger partial charge in [0.05, 0.1) is 35.7 Å². The molecule has 0 aliphatic heterocycles. The molecule has 0 unspecified atom stereocenters. The fourth-order valence-corrected chi connectivity index (χ4v) is 3.58. The van der Waals surface area contributed by atoms with Gasteiger partial charge in [0, 0.05) is 11.3 Å². The SMILES string of the molecule is C=CCN(c1ccc(C(=O)Nc2ccc(Cl)c(C(=O)OCC)c2)cc1)S(C)(=O)=O. The van der Waals surface area contributed by atoms with Crippen LogP contribution in [0.5, 0.6) is 0 Å². The van der Waals surface area contributed by atoms with E-state index in [1.54, 1.807) is 13.0 Å². The maximum absolute atomic E-state index is 12.5. The zero-order valence-corrected chi connectivity index (χ0v) is 17.6. The van der Waals surface area contributed by atoms with Crippen LogP contribution < -0.4 is 9.62 Å². The third kappa shape index (κ3) is 5.82. The van der Waals surface area contributed by atoms with Gasteiger partial charge < -0.3 is 10.1 Å². The van der Waals surface area contributed by atoms with Crippen LogP contribution in [-0.4, -0.2) is 39.7 Å². The number of hydrogen-bond acceptors (Lipinski definition) is 5. The van der Waals surface area contributed by atoms with Crippen LogP contribution in [0.1, 0.15) is 27.6 Å². The van der Waals surface area contributed by atoms with Crippen LogP contribution in [0.3, 0.4) is 0 Å². The van der Waals surface area contributed by atoms with Crippen molar-refractivity contribution >= 4 is 44.9 Å². The lowest BCUT2D eigenvalue weighted by Crippen LogP contribution is -2.29. The minimum absolute atomic E-state index is 0.117. The molecule has 0 spiro atoms. The molecule has 0 heterocycles. The van der Waals surface area contributed by atoms with Gasteiger partial charge in [-0.05, 0) is 49.4 Å². The third-order valence-corrected chi connectivity index (χ3v) is 5.32. The largest absolute Gasteiger partial charge is 0.462 e. The Bertz CT molecular complexity index is 1020. The van der Waals surface area contributed by atoms with E-state index >= 15 is 0 Å². The Morgan fingerprint density at radius 1 is 1.21 bits per heavy atom. The minimum atomic E-state index is -3.48. The van der Waals surface area contributed by atoms with E-state index in [0.29, 0.717) is 16.9 Å². The van der Waals surface area contributed by atoms with Crippen LogP contribution in [0.25, 0.3) is 0 Å². The predicted octanol–water partition coefficient (Wildman–Crippen LogP) is 3.72. The van der Waals surface area contributed by atoms with E-state index in [2.05, 4.69) is 11.9 Å². The molecule has 7 nitrogen and oxygen atoms in total. The Kier molecular flexibility index (Phi) is 7.41. The molecule has 2 aromatic rings. The number of nitrogens with one attached hydrogen (secondary N) is 1. The van der Waals surface area contributed by atoms with Gasteiger partial charge >= 0.3 is 5.97 Å². The van der Waals surface area contributed by atoms with Crippen molar-refractivity contribution in [3.05, 3.63) is 71.3 Å². The first-order valence-corrected chi connectivity index (χ1v) is 10.9. The highest BCUT2D eigenvalue weighted by molar-refractivity contribution is 7.92. The Labute approximate surface area is 175 Å². The normalized spacial score (nSPS) is 10.9. The van der Waals surface area contributed by atoms with Crippen LogP contribution in [-0.2, 0) is 14.8 Å². The van der Waals surface area contributed by atoms with E-state index in [1.807, 2.05) is 0 Å². The maximum Gasteiger partial charge on any atom is 0.339 e. The number of amides is 1. The Balaban J connectivity index is 2.20. The highest BCUT2D eigenvalue weighted by Crippen LogP contribution is 2.23. The Morgan fingerprint density at radius 3 is 2.41 bits per heavy atom. The van der Waals surface area contributed by atoms with Gasteiger partial charge in [0.25, 0.3) is 5.91 Å². The van der Waals surface area contributed by atoms with Crippen molar-refractivity contribution in [3.8, 4) is 0 Å². The van der Waals surface area contributed by atoms with E-state index in [4.69, 9.17) is 16.3 Å². The van der Waals surface area contributed by atoms with E-state index in [-0.39, 0.29) is 23.7 Å². The Morgan fingerprint density at radius 2 is 1.86 bits per heavy atom. The van der Waals surface area contributed by atoms with Gasteiger partial charge in [0.15, 0.2) is 0 Å². The van der Waals surface area contributed by atoms with Crippen molar-refractivity contribution in [1.82, 2.24) is 0 Å². The maximum atomic E-state index is 12.5. The highest BCUT2D eigenvalue weighted by Gasteiger charge is 2.17. The van der Waals surface area contributed by atoms with Crippen molar-refractivity contribution in [2.75, 3.05) is 29.0 Å². The molecule has 0 aliphatic rings. The molecule has 2 aromatic carbocycles. The summed E-state index contributed by atoms with van der Waals surface area (Å²) in [5.41, 5.74) is 1.25. The number of carbonyl (C=O) groups is 2. The number of carbonyl (C=O) groups excluding carboxylic acids is 2. The van der Waals surface area contributed by atoms with Gasteiger partial charge in [-0.2, -0.15) is 0 Å². The first kappa shape index (κ1) is 22.4. The molecule has 9 heteroatoms. The van der Waals surface area contributed by atoms with Crippen molar-refractivity contribution < 1.29 is 22.7 Å². The molecule has 0 aliphatic carbocycles. The quantitative estimate of drug-likeness (QED) is 0.502. The van der Waals surface area contributed by atoms with Crippen LogP contribution in [0, 0.1) is 0 Å². The molecule has 0 saturated heterocycles. The summed E-state index contributed by atoms with van der Waals surface area (Å²) in [6.07, 6.45) is 2.57. The van der Waals surface area contributed by atoms with Gasteiger partial charge in [-0.25, -0.2) is 13.2 Å². The first-order valence-electron chi connectivity index (χ1n) is 8.64. The first-order chi connectivity index (χ1) is 13.7. The molecule has 1 N–H and O–H groups in total. The molecule has 0 saturated carbocycles. The number of esters is 1. The summed E-state index contributed by atoms with van der Waals surface area (Å²) in [5, 5.41) is 2.89. The van der Waals surface area contributed by atoms with Gasteiger partial charge in [-0.1, -0.05) is 17.7 Å². The second kappa shape index (κ2) is 9.58. The molecule has 2 rings (SSSR count). The molecule has 0 radical (unpaired) electrons. The number of ether oxygens (including phenoxy) is 1. The lowest BCUT2D eigenvalue weighted by atomic mass is 10.1. The topological polar surface area (TPSA) is 92.8 Å². The summed E-state index contributed by atoms with van der Waals surface area (Å²) in [7, 11) is -3.48. The van der Waals surface area contributed by atoms with E-state index in [1.165, 1.54) is 46.8 Å². The van der Waals surface area contributed by atoms with Crippen molar-refractivity contribution in [2.45, 2.75) is 6.92 Å². The fraction of sp³-hybridized carbons (Fsp3) is 0.200. The zero-order valence-electron chi connectivity index (χ0n) is 16.0. The number of rotatable bonds is 8. The lowest BCUT2D eigenvalue weighted by Gasteiger charge is -2.20. The summed E-state index contributed by atoms with van der Waals surface area (Å²) in [4.78, 5) is 24.4. The van der Waals surface area contributed by atoms with Gasteiger partial charge in [-0.3, -0.25) is 9.10 Å². The summed E-state index contributed by atoms with van der Waals surface area (Å²) in [5.74, 6) is -1.01. The summed E-state index contributed by atoms with van der Waals surface area (Å²) < 4.78 is 29.9. The number of anilines is 2. The molecule has 29 heavy (non-hydrogen) atoms. The Hall–Kier alpha value is -2.84. The fourth-order valence-electron chi connectivity index (χ4n) is 2.50. The molecule has 0 aromatic heterocycles. The number of benzene rings is 2. The monoisotopic (exact) mass is 436 g/mol. The number of hydrogen-bond donors (Lipinski definition) is 1. The van der Waals surface area contributed by atoms with Crippen molar-refractivity contribution in [3.63, 3.8) is 0 Å². The van der Waals surface area contributed by atoms with Crippen LogP contribution >= 0.6 is 11.6 Å². The van der Waals surface area contributed by atoms with E-state index in [0.717, 1.165) is 6.26 Å². The van der Waals surface area contributed by atoms with Crippen molar-refractivity contribution in [1.29, 1.82) is 0 Å². The van der Waals surface area contributed by atoms with Crippen LogP contribution in [0.2, 0.25) is 5.02 Å². The minimum Gasteiger partial charge on any atom is -0.462 e. The number of nitrogens with zero attached hydrogens (tertiary/aromatic N) is 1. The van der Waals surface area contributed by atoms with Gasteiger partial charge in [-0.15, -0.1) is 6.58 Å². The molecular weight excluding hydrogens is 416 g/mol. The number of halogens is 1. The summed E-state index contributed by atoms with van der Waals surface area (Å²) in [6, 6.07) is 10.6. The molecule has 0 bridgehead atoms. The molecule has 0 atom stereocenters. The van der Waals surface area contributed by atoms with E-state index in [9.17, 15) is 18.0 Å². The molecule has 154 valence electrons. The van der Waals surface area contributed by atoms with Crippen LogP contribution in [0.4, 0.5) is 11.4 Å². The second-order valence-corrected chi connectivity index (χ2v) is 8.31. The highest BCUT2D eigenvalue weighted by atomic mass is 35.5. The third-order valence-electron chi connectivity index (χ3n) is 3.83. The summed E-state index contributed by atoms with van der Waals surface area (Å²) in [6.45, 7) is 5.56. The molecule has 1 amide bonds. The van der Waals surface area contributed by atoms with Gasteiger partial charge in [0.1, 0.15) is 0 Å². The standard InChI is InChI=1S/C20H21ClN2O5S/c1-4-12-23(29(3,26)27)16-9-6-14(7-10-16)19(24)22-15-8-11-18(21)17(13-15)20(25)28-5-2/h4,6-11,13H,1,5,12H2,2-3H3,(H,22,24). The van der Waals surface area contributed by atoms with E-state index < -0.39 is 21.9 Å². The lowest BCUT2D eigenvalue weighted by molar-refractivity contribution is 0.0526. The average molecular weight is 437 g/mol. The second-order valence-electron chi connectivity index (χ2n) is 6.00.